The van der Waals surface area contributed by atoms with Crippen molar-refractivity contribution in [1.82, 2.24) is 10.6 Å². The lowest BCUT2D eigenvalue weighted by Gasteiger charge is -1.95. The lowest BCUT2D eigenvalue weighted by atomic mass is 10.4. The van der Waals surface area contributed by atoms with Crippen LogP contribution in [0.25, 0.3) is 0 Å². The Morgan fingerprint density at radius 2 is 2.22 bits per heavy atom. The minimum atomic E-state index is 0.865. The molecule has 0 aromatic heterocycles. The van der Waals surface area contributed by atoms with Gasteiger partial charge in [0.05, 0.1) is 0 Å². The van der Waals surface area contributed by atoms with Crippen molar-refractivity contribution in [2.24, 2.45) is 4.90 Å². The molecule has 3 nitrogen and oxygen atoms in total. The fourth-order valence-corrected chi connectivity index (χ4v) is 0.432. The Kier molecular flexibility index (Phi) is 4.68. The fraction of sp³-hybridized carbons (Fsp3) is 0.400. The van der Waals surface area contributed by atoms with Crippen LogP contribution in [0.1, 0.15) is 0 Å². The highest BCUT2D eigenvalue weighted by atomic mass is 14.9. The van der Waals surface area contributed by atoms with Gasteiger partial charge < -0.3 is 15.5 Å². The molecule has 0 saturated carbocycles. The van der Waals surface area contributed by atoms with E-state index in [1.807, 2.05) is 26.4 Å². The van der Waals surface area contributed by atoms with Crippen LogP contribution in [0.15, 0.2) is 17.2 Å². The second-order valence-corrected chi connectivity index (χ2v) is 1.48. The molecule has 0 aromatic rings. The van der Waals surface area contributed by atoms with Crippen LogP contribution < -0.4 is 10.6 Å². The van der Waals surface area contributed by atoms with Crippen molar-refractivity contribution < 1.29 is 0 Å². The summed E-state index contributed by atoms with van der Waals surface area (Å²) in [7, 11) is 5.42. The molecule has 0 heterocycles. The van der Waals surface area contributed by atoms with E-state index in [0.717, 1.165) is 5.84 Å². The molecule has 0 amide bonds. The molecular weight excluding hydrogens is 113 g/mol. The topological polar surface area (TPSA) is 36.4 Å². The van der Waals surface area contributed by atoms with Crippen LogP contribution in [-0.2, 0) is 0 Å². The molecule has 0 spiro atoms. The monoisotopic (exact) mass is 125 g/mol. The summed E-state index contributed by atoms with van der Waals surface area (Å²) in [5, 5.41) is 5.78. The highest BCUT2D eigenvalue weighted by molar-refractivity contribution is 6.14. The number of amidine groups is 1. The first-order valence-corrected chi connectivity index (χ1v) is 2.83. The number of hydrogen-bond donors (Lipinski definition) is 2. The van der Waals surface area contributed by atoms with E-state index in [1.165, 1.54) is 0 Å². The summed E-state index contributed by atoms with van der Waals surface area (Å²) in [5.74, 6) is 0.865. The highest BCUT2D eigenvalue weighted by Gasteiger charge is 1.80. The Hall–Kier alpha value is -0.925. The number of likely N-dealkylation sites (N-methyl/N-ethyl adjacent to an activating group) is 1. The molecule has 0 aliphatic heterocycles. The van der Waals surface area contributed by atoms with Gasteiger partial charge >= 0.3 is 0 Å². The third-order valence-electron chi connectivity index (χ3n) is 0.905. The van der Waals surface area contributed by atoms with Crippen molar-refractivity contribution in [3.05, 3.63) is 12.3 Å². The van der Waals surface area contributed by atoms with Gasteiger partial charge in [-0.05, 0) is 12.3 Å². The van der Waals surface area contributed by atoms with E-state index in [1.54, 1.807) is 7.98 Å². The van der Waals surface area contributed by atoms with Crippen molar-refractivity contribution >= 4 is 13.8 Å². The molecule has 50 valence electrons. The van der Waals surface area contributed by atoms with Crippen molar-refractivity contribution in [3.63, 3.8) is 0 Å². The maximum absolute atomic E-state index is 3.92. The first-order valence-electron chi connectivity index (χ1n) is 2.83. The Balaban J connectivity index is 3.70. The van der Waals surface area contributed by atoms with Crippen LogP contribution in [-0.4, -0.2) is 27.9 Å². The van der Waals surface area contributed by atoms with Crippen LogP contribution in [0.5, 0.6) is 0 Å². The molecule has 2 N–H and O–H groups in total. The molecule has 0 bridgehead atoms. The summed E-state index contributed by atoms with van der Waals surface area (Å²) in [6, 6.07) is 0. The van der Waals surface area contributed by atoms with Crippen LogP contribution in [0.2, 0.25) is 0 Å². The molecule has 0 atom stereocenters. The predicted octanol–water partition coefficient (Wildman–Crippen LogP) is -1.11. The molecule has 0 fully saturated rings. The quantitative estimate of drug-likeness (QED) is 0.279. The largest absolute Gasteiger partial charge is 0.394 e. The third-order valence-corrected chi connectivity index (χ3v) is 0.905. The molecule has 0 rings (SSSR count). The lowest BCUT2D eigenvalue weighted by molar-refractivity contribution is 1.10. The first-order chi connectivity index (χ1) is 4.35. The van der Waals surface area contributed by atoms with E-state index >= 15 is 0 Å². The zero-order valence-electron chi connectivity index (χ0n) is 6.10. The van der Waals surface area contributed by atoms with Gasteiger partial charge in [0.1, 0.15) is 5.84 Å². The molecular formula is C5H12BN3. The summed E-state index contributed by atoms with van der Waals surface area (Å²) in [5.41, 5.74) is 0. The van der Waals surface area contributed by atoms with E-state index in [9.17, 15) is 0 Å². The van der Waals surface area contributed by atoms with Crippen LogP contribution in [0, 0.1) is 0 Å². The van der Waals surface area contributed by atoms with Crippen LogP contribution >= 0.6 is 0 Å². The molecule has 9 heavy (non-hydrogen) atoms. The van der Waals surface area contributed by atoms with Gasteiger partial charge in [-0.15, -0.1) is 0 Å². The SMILES string of the molecule is B/N=C(\C=C/NC)NC. The Morgan fingerprint density at radius 1 is 1.56 bits per heavy atom. The molecule has 0 radical (unpaired) electrons. The average Bonchev–Trinajstić information content (AvgIpc) is 1.91. The smallest absolute Gasteiger partial charge is 0.247 e. The standard InChI is InChI=1S/C5H12BN3/c1-7-4-3-5(8-2)9-6/h3-4,7H,6H2,1-2H3,(H,8,9)/b4-3-. The molecule has 0 aliphatic carbocycles. The zero-order chi connectivity index (χ0) is 7.11. The maximum atomic E-state index is 3.92. The van der Waals surface area contributed by atoms with Gasteiger partial charge in [0.25, 0.3) is 0 Å². The highest BCUT2D eigenvalue weighted by Crippen LogP contribution is 1.70. The van der Waals surface area contributed by atoms with E-state index in [2.05, 4.69) is 15.5 Å². The summed E-state index contributed by atoms with van der Waals surface area (Å²) < 4.78 is 0. The van der Waals surface area contributed by atoms with Gasteiger partial charge in [0.15, 0.2) is 0 Å². The average molecular weight is 125 g/mol. The van der Waals surface area contributed by atoms with Crippen LogP contribution in [0.4, 0.5) is 0 Å². The predicted molar refractivity (Wildman–Crippen MR) is 43.2 cm³/mol. The molecule has 0 aromatic carbocycles. The maximum Gasteiger partial charge on any atom is 0.247 e. The van der Waals surface area contributed by atoms with Gasteiger partial charge in [-0.25, -0.2) is 0 Å². The summed E-state index contributed by atoms with van der Waals surface area (Å²) in [6.07, 6.45) is 3.68. The van der Waals surface area contributed by atoms with Gasteiger partial charge in [-0.1, -0.05) is 0 Å². The molecule has 0 unspecified atom stereocenters. The second-order valence-electron chi connectivity index (χ2n) is 1.48. The van der Waals surface area contributed by atoms with Gasteiger partial charge in [-0.3, -0.25) is 0 Å². The van der Waals surface area contributed by atoms with Crippen molar-refractivity contribution in [2.45, 2.75) is 0 Å². The van der Waals surface area contributed by atoms with Gasteiger partial charge in [-0.2, -0.15) is 0 Å². The number of rotatable bonds is 2. The minimum Gasteiger partial charge on any atom is -0.394 e. The number of nitrogens with zero attached hydrogens (tertiary/aromatic N) is 1. The normalized spacial score (nSPS) is 12.0. The first kappa shape index (κ1) is 8.07. The number of hydrogen-bond acceptors (Lipinski definition) is 2. The van der Waals surface area contributed by atoms with Crippen LogP contribution in [0.3, 0.4) is 0 Å². The summed E-state index contributed by atoms with van der Waals surface area (Å²) in [6.45, 7) is 0. The second kappa shape index (κ2) is 5.22. The van der Waals surface area contributed by atoms with Crippen molar-refractivity contribution in [3.8, 4) is 0 Å². The zero-order valence-corrected chi connectivity index (χ0v) is 6.10. The lowest BCUT2D eigenvalue weighted by Crippen LogP contribution is -2.15. The number of nitrogens with one attached hydrogen (secondary N) is 2. The van der Waals surface area contributed by atoms with Gasteiger partial charge in [0.2, 0.25) is 7.98 Å². The molecule has 0 aliphatic rings. The summed E-state index contributed by atoms with van der Waals surface area (Å²) >= 11 is 0. The van der Waals surface area contributed by atoms with Gasteiger partial charge in [0, 0.05) is 14.1 Å². The molecule has 0 saturated heterocycles. The molecule has 4 heteroatoms. The van der Waals surface area contributed by atoms with E-state index < -0.39 is 0 Å². The third kappa shape index (κ3) is 3.64. The van der Waals surface area contributed by atoms with E-state index in [0.29, 0.717) is 0 Å². The fourth-order valence-electron chi connectivity index (χ4n) is 0.432. The van der Waals surface area contributed by atoms with E-state index in [-0.39, 0.29) is 0 Å². The Morgan fingerprint density at radius 3 is 2.56 bits per heavy atom. The summed E-state index contributed by atoms with van der Waals surface area (Å²) in [4.78, 5) is 3.92. The minimum absolute atomic E-state index is 0.865. The Bertz CT molecular complexity index is 119. The van der Waals surface area contributed by atoms with Crippen molar-refractivity contribution in [1.29, 1.82) is 0 Å². The Labute approximate surface area is 56.7 Å². The van der Waals surface area contributed by atoms with Crippen molar-refractivity contribution in [2.75, 3.05) is 14.1 Å². The van der Waals surface area contributed by atoms with E-state index in [4.69, 9.17) is 0 Å².